The van der Waals surface area contributed by atoms with Crippen LogP contribution in [0.2, 0.25) is 0 Å². The lowest BCUT2D eigenvalue weighted by molar-refractivity contribution is 0.0697. The number of pyridine rings is 1. The number of halogens is 2. The van der Waals surface area contributed by atoms with Gasteiger partial charge in [-0.2, -0.15) is 0 Å². The number of rotatable bonds is 3. The molecule has 0 bridgehead atoms. The Labute approximate surface area is 83.7 Å². The van der Waals surface area contributed by atoms with Crippen molar-refractivity contribution >= 4 is 11.8 Å². The number of nitrogens with zero attached hydrogens (tertiary/aromatic N) is 1. The van der Waals surface area contributed by atoms with Gasteiger partial charge in [-0.15, -0.1) is 0 Å². The SMILES string of the molecule is NCc1nc(N)c(C(=O)O)cc1C(F)F. The summed E-state index contributed by atoms with van der Waals surface area (Å²) in [5.41, 5.74) is 9.43. The fourth-order valence-corrected chi connectivity index (χ4v) is 1.11. The van der Waals surface area contributed by atoms with E-state index >= 15 is 0 Å². The molecule has 0 saturated carbocycles. The molecule has 7 heteroatoms. The third-order valence-corrected chi connectivity index (χ3v) is 1.82. The smallest absolute Gasteiger partial charge is 0.339 e. The molecule has 0 fully saturated rings. The first-order valence-corrected chi connectivity index (χ1v) is 3.98. The molecule has 1 aromatic rings. The van der Waals surface area contributed by atoms with Crippen molar-refractivity contribution in [1.82, 2.24) is 4.98 Å². The highest BCUT2D eigenvalue weighted by atomic mass is 19.3. The average Bonchev–Trinajstić information content (AvgIpc) is 2.16. The van der Waals surface area contributed by atoms with Crippen LogP contribution in [0.15, 0.2) is 6.07 Å². The van der Waals surface area contributed by atoms with Gasteiger partial charge in [0.2, 0.25) is 0 Å². The summed E-state index contributed by atoms with van der Waals surface area (Å²) in [4.78, 5) is 14.1. The van der Waals surface area contributed by atoms with Gasteiger partial charge < -0.3 is 16.6 Å². The number of nitrogens with two attached hydrogens (primary N) is 2. The lowest BCUT2D eigenvalue weighted by Gasteiger charge is -2.09. The number of aromatic nitrogens is 1. The van der Waals surface area contributed by atoms with Gasteiger partial charge >= 0.3 is 5.97 Å². The molecule has 0 aliphatic carbocycles. The molecule has 0 radical (unpaired) electrons. The first-order chi connectivity index (χ1) is 6.97. The number of aromatic carboxylic acids is 1. The molecular formula is C8H9F2N3O2. The van der Waals surface area contributed by atoms with Gasteiger partial charge in [0, 0.05) is 12.1 Å². The van der Waals surface area contributed by atoms with Gasteiger partial charge in [-0.25, -0.2) is 18.6 Å². The summed E-state index contributed by atoms with van der Waals surface area (Å²) in [5, 5.41) is 8.64. The first-order valence-electron chi connectivity index (χ1n) is 3.98. The first kappa shape index (κ1) is 11.3. The molecule has 0 amide bonds. The van der Waals surface area contributed by atoms with E-state index in [1.54, 1.807) is 0 Å². The highest BCUT2D eigenvalue weighted by Gasteiger charge is 2.19. The Morgan fingerprint density at radius 1 is 1.60 bits per heavy atom. The van der Waals surface area contributed by atoms with E-state index in [1.807, 2.05) is 0 Å². The van der Waals surface area contributed by atoms with Gasteiger partial charge in [0.05, 0.1) is 5.69 Å². The summed E-state index contributed by atoms with van der Waals surface area (Å²) < 4.78 is 24.9. The minimum absolute atomic E-state index is 0.0903. The van der Waals surface area contributed by atoms with Crippen LogP contribution in [0.1, 0.15) is 28.0 Å². The quantitative estimate of drug-likeness (QED) is 0.693. The van der Waals surface area contributed by atoms with Crippen LogP contribution in [0.3, 0.4) is 0 Å². The van der Waals surface area contributed by atoms with Gasteiger partial charge in [-0.3, -0.25) is 0 Å². The maximum atomic E-state index is 12.5. The van der Waals surface area contributed by atoms with Crippen molar-refractivity contribution in [2.24, 2.45) is 5.73 Å². The lowest BCUT2D eigenvalue weighted by atomic mass is 10.1. The molecular weight excluding hydrogens is 208 g/mol. The lowest BCUT2D eigenvalue weighted by Crippen LogP contribution is -2.12. The molecule has 0 unspecified atom stereocenters. The maximum absolute atomic E-state index is 12.5. The average molecular weight is 217 g/mol. The van der Waals surface area contributed by atoms with Crippen molar-refractivity contribution in [2.45, 2.75) is 13.0 Å². The van der Waals surface area contributed by atoms with Crippen LogP contribution in [0.5, 0.6) is 0 Å². The number of alkyl halides is 2. The summed E-state index contributed by atoms with van der Waals surface area (Å²) in [6.07, 6.45) is -2.82. The maximum Gasteiger partial charge on any atom is 0.339 e. The monoisotopic (exact) mass is 217 g/mol. The van der Waals surface area contributed by atoms with Gasteiger partial charge in [0.1, 0.15) is 11.4 Å². The molecule has 0 aromatic carbocycles. The van der Waals surface area contributed by atoms with Crippen LogP contribution in [0, 0.1) is 0 Å². The van der Waals surface area contributed by atoms with E-state index in [4.69, 9.17) is 16.6 Å². The van der Waals surface area contributed by atoms with E-state index < -0.39 is 23.5 Å². The van der Waals surface area contributed by atoms with E-state index in [9.17, 15) is 13.6 Å². The van der Waals surface area contributed by atoms with Crippen LogP contribution in [-0.4, -0.2) is 16.1 Å². The molecule has 5 nitrogen and oxygen atoms in total. The zero-order valence-corrected chi connectivity index (χ0v) is 7.58. The molecule has 0 aliphatic heterocycles. The predicted molar refractivity (Wildman–Crippen MR) is 48.5 cm³/mol. The summed E-state index contributed by atoms with van der Waals surface area (Å²) >= 11 is 0. The van der Waals surface area contributed by atoms with E-state index in [0.717, 1.165) is 6.07 Å². The molecule has 1 rings (SSSR count). The number of carboxylic acid groups (broad SMARTS) is 1. The Morgan fingerprint density at radius 3 is 2.60 bits per heavy atom. The van der Waals surface area contributed by atoms with Crippen LogP contribution in [0.25, 0.3) is 0 Å². The van der Waals surface area contributed by atoms with Crippen molar-refractivity contribution in [3.05, 3.63) is 22.9 Å². The van der Waals surface area contributed by atoms with Gasteiger partial charge in [-0.1, -0.05) is 0 Å². The zero-order valence-electron chi connectivity index (χ0n) is 7.58. The summed E-state index contributed by atoms with van der Waals surface area (Å²) in [6.45, 7) is -0.218. The molecule has 0 spiro atoms. The number of carbonyl (C=O) groups is 1. The van der Waals surface area contributed by atoms with E-state index in [1.165, 1.54) is 0 Å². The van der Waals surface area contributed by atoms with Gasteiger partial charge in [-0.05, 0) is 6.07 Å². The second-order valence-electron chi connectivity index (χ2n) is 2.77. The molecule has 0 atom stereocenters. The Bertz CT molecular complexity index is 396. The number of carboxylic acids is 1. The van der Waals surface area contributed by atoms with Gasteiger partial charge in [0.25, 0.3) is 6.43 Å². The third kappa shape index (κ3) is 2.18. The number of anilines is 1. The molecule has 1 aromatic heterocycles. The topological polar surface area (TPSA) is 102 Å². The summed E-state index contributed by atoms with van der Waals surface area (Å²) in [5.74, 6) is -1.71. The number of hydrogen-bond acceptors (Lipinski definition) is 4. The van der Waals surface area contributed by atoms with Crippen LogP contribution < -0.4 is 11.5 Å². The van der Waals surface area contributed by atoms with Crippen molar-refractivity contribution in [1.29, 1.82) is 0 Å². The second kappa shape index (κ2) is 4.18. The third-order valence-electron chi connectivity index (χ3n) is 1.82. The van der Waals surface area contributed by atoms with Crippen LogP contribution in [0.4, 0.5) is 14.6 Å². The molecule has 0 aliphatic rings. The Hall–Kier alpha value is -1.76. The second-order valence-corrected chi connectivity index (χ2v) is 2.77. The molecule has 0 saturated heterocycles. The molecule has 1 heterocycles. The standard InChI is InChI=1S/C8H9F2N3O2/c9-6(10)3-1-4(8(14)15)7(12)13-5(3)2-11/h1,6H,2,11H2,(H2,12,13)(H,14,15). The largest absolute Gasteiger partial charge is 0.478 e. The summed E-state index contributed by atoms with van der Waals surface area (Å²) in [6, 6.07) is 0.803. The van der Waals surface area contributed by atoms with Crippen molar-refractivity contribution in [3.8, 4) is 0 Å². The predicted octanol–water partition coefficient (Wildman–Crippen LogP) is 0.758. The van der Waals surface area contributed by atoms with Crippen molar-refractivity contribution < 1.29 is 18.7 Å². The minimum Gasteiger partial charge on any atom is -0.478 e. The van der Waals surface area contributed by atoms with Crippen LogP contribution in [-0.2, 0) is 6.54 Å². The van der Waals surface area contributed by atoms with Crippen LogP contribution >= 0.6 is 0 Å². The van der Waals surface area contributed by atoms with Gasteiger partial charge in [0.15, 0.2) is 0 Å². The summed E-state index contributed by atoms with van der Waals surface area (Å²) in [7, 11) is 0. The van der Waals surface area contributed by atoms with E-state index in [-0.39, 0.29) is 18.1 Å². The van der Waals surface area contributed by atoms with E-state index in [2.05, 4.69) is 4.98 Å². The Morgan fingerprint density at radius 2 is 2.20 bits per heavy atom. The Kier molecular flexibility index (Phi) is 3.15. The highest BCUT2D eigenvalue weighted by molar-refractivity contribution is 5.92. The number of hydrogen-bond donors (Lipinski definition) is 3. The highest BCUT2D eigenvalue weighted by Crippen LogP contribution is 2.25. The Balaban J connectivity index is 3.37. The molecule has 5 N–H and O–H groups in total. The van der Waals surface area contributed by atoms with Crippen molar-refractivity contribution in [2.75, 3.05) is 5.73 Å². The fraction of sp³-hybridized carbons (Fsp3) is 0.250. The number of nitrogen functional groups attached to an aromatic ring is 1. The normalized spacial score (nSPS) is 10.7. The molecule has 82 valence electrons. The van der Waals surface area contributed by atoms with E-state index in [0.29, 0.717) is 0 Å². The fourth-order valence-electron chi connectivity index (χ4n) is 1.11. The molecule has 15 heavy (non-hydrogen) atoms. The zero-order chi connectivity index (χ0) is 11.6. The minimum atomic E-state index is -2.82. The van der Waals surface area contributed by atoms with Crippen molar-refractivity contribution in [3.63, 3.8) is 0 Å².